The van der Waals surface area contributed by atoms with Crippen molar-refractivity contribution in [2.75, 3.05) is 0 Å². The number of hydrogen-bond acceptors (Lipinski definition) is 7. The minimum atomic E-state index is -0.911. The number of carboxylic acid groups (broad SMARTS) is 2. The number of aliphatic hydroxyl groups is 1. The molecule has 1 aromatic heterocycles. The maximum absolute atomic E-state index is 11.5. The molecule has 4 aliphatic rings. The molecule has 222 valence electrons. The van der Waals surface area contributed by atoms with E-state index in [2.05, 4.69) is 4.98 Å². The Morgan fingerprint density at radius 3 is 2.02 bits per heavy atom. The van der Waals surface area contributed by atoms with Crippen LogP contribution in [0.15, 0.2) is 77.7 Å². The standard InChI is InChI=1S/C33H34N4O5S/c1-15-20(6-8-31(39)40)27-13-28-21(7-9-32(41)42)16(2)25(35-28)12-30-33(19(5)43)18(4)26(37-30)11-29-22(14-38)17(3)24(36-29)10-23(15)34-27/h10-14,19,36,38,43H,6-9H2,1-5H3,(H,39,40)(H,41,42)/b22-14+,23-10?,28-13?,29-11?,30-12?/t19-/m0/s1. The van der Waals surface area contributed by atoms with E-state index in [1.165, 1.54) is 0 Å². The Bertz CT molecular complexity index is 1890. The van der Waals surface area contributed by atoms with Gasteiger partial charge in [0.2, 0.25) is 0 Å². The highest BCUT2D eigenvalue weighted by Crippen LogP contribution is 2.37. The highest BCUT2D eigenvalue weighted by Gasteiger charge is 2.28. The molecule has 0 amide bonds. The summed E-state index contributed by atoms with van der Waals surface area (Å²) in [4.78, 5) is 41.3. The van der Waals surface area contributed by atoms with Crippen molar-refractivity contribution in [3.63, 3.8) is 0 Å². The highest BCUT2D eigenvalue weighted by molar-refractivity contribution is 7.81. The lowest BCUT2D eigenvalue weighted by molar-refractivity contribution is -0.137. The number of carboxylic acids is 2. The Hall–Kier alpha value is -4.44. The lowest BCUT2D eigenvalue weighted by atomic mass is 9.96. The van der Waals surface area contributed by atoms with Gasteiger partial charge in [-0.2, -0.15) is 12.6 Å². The molecule has 0 saturated heterocycles. The zero-order chi connectivity index (χ0) is 31.2. The highest BCUT2D eigenvalue weighted by atomic mass is 32.1. The third-order valence-electron chi connectivity index (χ3n) is 8.28. The minimum Gasteiger partial charge on any atom is -0.515 e. The van der Waals surface area contributed by atoms with Gasteiger partial charge in [-0.05, 0) is 111 Å². The van der Waals surface area contributed by atoms with Crippen LogP contribution in [0.2, 0.25) is 0 Å². The summed E-state index contributed by atoms with van der Waals surface area (Å²) in [6.07, 6.45) is 9.06. The second-order valence-electron chi connectivity index (χ2n) is 11.1. The molecule has 4 N–H and O–H groups in total. The average Bonchev–Trinajstić information content (AvgIpc) is 3.59. The van der Waals surface area contributed by atoms with Crippen molar-refractivity contribution >= 4 is 60.1 Å². The second kappa shape index (κ2) is 11.7. The number of aromatic amines is 1. The van der Waals surface area contributed by atoms with Gasteiger partial charge in [0.15, 0.2) is 0 Å². The second-order valence-corrected chi connectivity index (χ2v) is 11.8. The van der Waals surface area contributed by atoms with Crippen LogP contribution in [0.1, 0.15) is 64.6 Å². The summed E-state index contributed by atoms with van der Waals surface area (Å²) in [7, 11) is 0. The van der Waals surface area contributed by atoms with Gasteiger partial charge in [0, 0.05) is 29.0 Å². The molecule has 0 aliphatic carbocycles. The number of aromatic nitrogens is 1. The first-order valence-corrected chi connectivity index (χ1v) is 14.6. The summed E-state index contributed by atoms with van der Waals surface area (Å²) < 4.78 is 0. The molecule has 5 rings (SSSR count). The van der Waals surface area contributed by atoms with Crippen molar-refractivity contribution in [2.24, 2.45) is 15.0 Å². The largest absolute Gasteiger partial charge is 0.515 e. The predicted octanol–water partition coefficient (Wildman–Crippen LogP) is 4.88. The van der Waals surface area contributed by atoms with Crippen LogP contribution in [0.4, 0.5) is 0 Å². The lowest BCUT2D eigenvalue weighted by Gasteiger charge is -2.09. The topological polar surface area (TPSA) is 148 Å². The molecule has 1 aromatic rings. The molecule has 0 fully saturated rings. The third kappa shape index (κ3) is 5.67. The number of H-pyrrole nitrogens is 1. The van der Waals surface area contributed by atoms with Crippen LogP contribution < -0.4 is 10.6 Å². The summed E-state index contributed by atoms with van der Waals surface area (Å²) >= 11 is 4.75. The van der Waals surface area contributed by atoms with Gasteiger partial charge in [-0.1, -0.05) is 0 Å². The molecule has 9 nitrogen and oxygen atoms in total. The molecule has 10 heteroatoms. The fourth-order valence-electron chi connectivity index (χ4n) is 5.86. The third-order valence-corrected chi connectivity index (χ3v) is 8.54. The lowest BCUT2D eigenvalue weighted by Crippen LogP contribution is -2.25. The Morgan fingerprint density at radius 1 is 0.814 bits per heavy atom. The Labute approximate surface area is 254 Å². The number of hydrogen-bond donors (Lipinski definition) is 5. The van der Waals surface area contributed by atoms with E-state index in [1.54, 1.807) is 0 Å². The van der Waals surface area contributed by atoms with E-state index >= 15 is 0 Å². The molecule has 0 saturated carbocycles. The molecular formula is C33H34N4O5S. The first-order chi connectivity index (χ1) is 20.4. The predicted molar refractivity (Wildman–Crippen MR) is 173 cm³/mol. The quantitative estimate of drug-likeness (QED) is 0.284. The van der Waals surface area contributed by atoms with E-state index in [0.29, 0.717) is 39.1 Å². The fraction of sp³-hybridized carbons (Fsp3) is 0.303. The van der Waals surface area contributed by atoms with E-state index in [1.807, 2.05) is 58.9 Å². The normalized spacial score (nSPS) is 19.2. The number of aliphatic carboxylic acids is 2. The molecule has 0 unspecified atom stereocenters. The smallest absolute Gasteiger partial charge is 0.303 e. The van der Waals surface area contributed by atoms with Crippen molar-refractivity contribution in [2.45, 2.75) is 65.6 Å². The minimum absolute atomic E-state index is 0.0601. The number of aliphatic hydroxyl groups excluding tert-OH is 1. The van der Waals surface area contributed by atoms with Crippen molar-refractivity contribution in [1.29, 1.82) is 0 Å². The SMILES string of the molecule is CC1=C(CCC(=O)O)C2=CC3=NC(=Cc4[nH]c(/c(=C/O)c4C)=CC4=NC(=CC1=N2)C([C@H](C)S)=C4C)C(C)=C3CCC(=O)O. The first kappa shape index (κ1) is 30.0. The van der Waals surface area contributed by atoms with Gasteiger partial charge in [-0.15, -0.1) is 0 Å². The van der Waals surface area contributed by atoms with Crippen molar-refractivity contribution in [3.05, 3.63) is 84.5 Å². The van der Waals surface area contributed by atoms with Crippen LogP contribution in [0.25, 0.3) is 18.4 Å². The maximum Gasteiger partial charge on any atom is 0.303 e. The van der Waals surface area contributed by atoms with Gasteiger partial charge >= 0.3 is 11.9 Å². The Morgan fingerprint density at radius 2 is 1.40 bits per heavy atom. The van der Waals surface area contributed by atoms with Crippen LogP contribution in [-0.2, 0) is 9.59 Å². The Balaban J connectivity index is 1.83. The van der Waals surface area contributed by atoms with Gasteiger partial charge < -0.3 is 20.3 Å². The number of rotatable bonds is 7. The molecule has 5 heterocycles. The van der Waals surface area contributed by atoms with Crippen LogP contribution in [0.5, 0.6) is 0 Å². The van der Waals surface area contributed by atoms with Crippen LogP contribution >= 0.6 is 12.6 Å². The van der Waals surface area contributed by atoms with E-state index in [0.717, 1.165) is 56.7 Å². The summed E-state index contributed by atoms with van der Waals surface area (Å²) in [5.74, 6) is -1.82. The number of fused-ring (bicyclic) bond motifs is 5. The van der Waals surface area contributed by atoms with Crippen molar-refractivity contribution in [1.82, 2.24) is 4.98 Å². The first-order valence-electron chi connectivity index (χ1n) is 14.1. The fourth-order valence-corrected chi connectivity index (χ4v) is 6.19. The molecular weight excluding hydrogens is 564 g/mol. The van der Waals surface area contributed by atoms with Crippen molar-refractivity contribution < 1.29 is 24.9 Å². The van der Waals surface area contributed by atoms with Crippen LogP contribution in [-0.4, -0.2) is 54.6 Å². The zero-order valence-electron chi connectivity index (χ0n) is 24.7. The number of allylic oxidation sites excluding steroid dienone is 8. The molecule has 8 bridgehead atoms. The van der Waals surface area contributed by atoms with E-state index in [-0.39, 0.29) is 30.9 Å². The van der Waals surface area contributed by atoms with Gasteiger partial charge in [0.1, 0.15) is 0 Å². The molecule has 4 aliphatic heterocycles. The monoisotopic (exact) mass is 598 g/mol. The molecule has 0 aromatic carbocycles. The molecule has 0 spiro atoms. The number of aliphatic imine (C=N–C) groups is 3. The van der Waals surface area contributed by atoms with Gasteiger partial charge in [0.05, 0.1) is 45.8 Å². The number of thiol groups is 1. The summed E-state index contributed by atoms with van der Waals surface area (Å²) in [6, 6.07) is 0. The van der Waals surface area contributed by atoms with Crippen molar-refractivity contribution in [3.8, 4) is 0 Å². The van der Waals surface area contributed by atoms with Gasteiger partial charge in [-0.3, -0.25) is 9.59 Å². The van der Waals surface area contributed by atoms with E-state index < -0.39 is 11.9 Å². The molecule has 43 heavy (non-hydrogen) atoms. The van der Waals surface area contributed by atoms with Gasteiger partial charge in [0.25, 0.3) is 0 Å². The number of nitrogens with one attached hydrogen (secondary N) is 1. The number of carbonyl (C=O) groups is 2. The molecule has 0 radical (unpaired) electrons. The maximum atomic E-state index is 11.5. The zero-order valence-corrected chi connectivity index (χ0v) is 25.6. The molecule has 1 atom stereocenters. The Kier molecular flexibility index (Phi) is 8.16. The van der Waals surface area contributed by atoms with Gasteiger partial charge in [-0.25, -0.2) is 15.0 Å². The van der Waals surface area contributed by atoms with Crippen LogP contribution in [0.3, 0.4) is 0 Å². The van der Waals surface area contributed by atoms with Crippen LogP contribution in [0, 0.1) is 6.92 Å². The van der Waals surface area contributed by atoms with E-state index in [4.69, 9.17) is 27.6 Å². The summed E-state index contributed by atoms with van der Waals surface area (Å²) in [5, 5.41) is 30.3. The summed E-state index contributed by atoms with van der Waals surface area (Å²) in [6.45, 7) is 9.73. The number of nitrogens with zero attached hydrogens (tertiary/aromatic N) is 3. The summed E-state index contributed by atoms with van der Waals surface area (Å²) in [5.41, 5.74) is 10.8. The average molecular weight is 599 g/mol. The van der Waals surface area contributed by atoms with E-state index in [9.17, 15) is 24.9 Å².